The standard InChI is InChI=1S/C29H20Cl3N3O5S2/c1-40-17-11-7-15(8-12-17)33-20(36)13-34-28-25(42-29(34)39)21(18-3-2-4-19(31)23(18)32)22-24(41-28)27(38)35(26(22)37)16-9-5-14(30)6-10-16/h2-12,21-22,24H,13H2,1H3,(H,33,36)/t21-,22?,24?/m1/s1. The molecule has 0 spiro atoms. The SMILES string of the molecule is COc1ccc(NC(=O)Cn2c3c(sc2=O)[C@H](c2cccc(Cl)c2Cl)C2C(=O)N(c4ccc(Cl)cc4)C(=O)C2S3)cc1. The summed E-state index contributed by atoms with van der Waals surface area (Å²) in [6, 6.07) is 18.3. The van der Waals surface area contributed by atoms with Crippen molar-refractivity contribution in [2.24, 2.45) is 5.92 Å². The number of hydrogen-bond acceptors (Lipinski definition) is 7. The second kappa shape index (κ2) is 11.4. The van der Waals surface area contributed by atoms with Crippen LogP contribution in [0.2, 0.25) is 15.1 Å². The molecule has 2 aliphatic heterocycles. The van der Waals surface area contributed by atoms with Crippen molar-refractivity contribution in [3.05, 3.63) is 102 Å². The molecule has 42 heavy (non-hydrogen) atoms. The normalized spacial score (nSPS) is 19.4. The summed E-state index contributed by atoms with van der Waals surface area (Å²) in [5.41, 5.74) is 1.44. The zero-order chi connectivity index (χ0) is 29.7. The number of nitrogens with zero attached hydrogens (tertiary/aromatic N) is 2. The molecule has 0 bridgehead atoms. The lowest BCUT2D eigenvalue weighted by Gasteiger charge is -2.31. The van der Waals surface area contributed by atoms with Gasteiger partial charge in [-0.3, -0.25) is 23.7 Å². The molecule has 0 radical (unpaired) electrons. The Balaban J connectivity index is 1.41. The molecule has 0 aliphatic carbocycles. The van der Waals surface area contributed by atoms with Crippen LogP contribution in [0.3, 0.4) is 0 Å². The monoisotopic (exact) mass is 659 g/mol. The molecule has 6 rings (SSSR count). The first-order valence-electron chi connectivity index (χ1n) is 12.6. The molecule has 8 nitrogen and oxygen atoms in total. The average molecular weight is 661 g/mol. The number of nitrogens with one attached hydrogen (secondary N) is 1. The number of thioether (sulfide) groups is 1. The summed E-state index contributed by atoms with van der Waals surface area (Å²) >= 11 is 21.1. The van der Waals surface area contributed by atoms with Gasteiger partial charge in [0.15, 0.2) is 0 Å². The van der Waals surface area contributed by atoms with Crippen LogP contribution in [0.1, 0.15) is 16.4 Å². The van der Waals surface area contributed by atoms with E-state index in [1.54, 1.807) is 73.8 Å². The van der Waals surface area contributed by atoms with Crippen molar-refractivity contribution in [1.82, 2.24) is 4.57 Å². The van der Waals surface area contributed by atoms with Crippen LogP contribution in [0.5, 0.6) is 5.75 Å². The first-order chi connectivity index (χ1) is 20.2. The molecule has 1 aromatic heterocycles. The first kappa shape index (κ1) is 28.8. The molecule has 1 fully saturated rings. The van der Waals surface area contributed by atoms with Gasteiger partial charge < -0.3 is 10.1 Å². The Hall–Kier alpha value is -3.28. The van der Waals surface area contributed by atoms with Crippen LogP contribution >= 0.6 is 57.9 Å². The molecule has 0 saturated carbocycles. The molecule has 214 valence electrons. The van der Waals surface area contributed by atoms with Crippen LogP contribution in [-0.4, -0.2) is 34.6 Å². The van der Waals surface area contributed by atoms with Crippen molar-refractivity contribution in [2.75, 3.05) is 17.3 Å². The summed E-state index contributed by atoms with van der Waals surface area (Å²) in [4.78, 5) is 55.5. The van der Waals surface area contributed by atoms with E-state index >= 15 is 0 Å². The highest BCUT2D eigenvalue weighted by molar-refractivity contribution is 8.00. The van der Waals surface area contributed by atoms with Gasteiger partial charge in [-0.15, -0.1) is 0 Å². The quantitative estimate of drug-likeness (QED) is 0.244. The summed E-state index contributed by atoms with van der Waals surface area (Å²) in [6.45, 7) is -0.292. The summed E-state index contributed by atoms with van der Waals surface area (Å²) in [6.07, 6.45) is 0. The minimum Gasteiger partial charge on any atom is -0.497 e. The maximum atomic E-state index is 14.0. The molecule has 3 amide bonds. The number of thiazole rings is 1. The lowest BCUT2D eigenvalue weighted by Crippen LogP contribution is -2.33. The van der Waals surface area contributed by atoms with E-state index in [0.29, 0.717) is 37.6 Å². The fraction of sp³-hybridized carbons (Fsp3) is 0.172. The highest BCUT2D eigenvalue weighted by Gasteiger charge is 2.57. The first-order valence-corrected chi connectivity index (χ1v) is 15.4. The summed E-state index contributed by atoms with van der Waals surface area (Å²) < 4.78 is 6.49. The Morgan fingerprint density at radius 2 is 1.67 bits per heavy atom. The van der Waals surface area contributed by atoms with E-state index < -0.39 is 39.7 Å². The second-order valence-electron chi connectivity index (χ2n) is 9.57. The molecule has 2 unspecified atom stereocenters. The van der Waals surface area contributed by atoms with Crippen molar-refractivity contribution < 1.29 is 19.1 Å². The Bertz CT molecular complexity index is 1790. The van der Waals surface area contributed by atoms with E-state index in [9.17, 15) is 19.2 Å². The lowest BCUT2D eigenvalue weighted by molar-refractivity contribution is -0.122. The van der Waals surface area contributed by atoms with Gasteiger partial charge in [-0.2, -0.15) is 0 Å². The van der Waals surface area contributed by atoms with E-state index in [0.717, 1.165) is 28.0 Å². The van der Waals surface area contributed by atoms with Crippen molar-refractivity contribution >= 4 is 87.0 Å². The van der Waals surface area contributed by atoms with Crippen molar-refractivity contribution in [3.63, 3.8) is 0 Å². The predicted molar refractivity (Wildman–Crippen MR) is 166 cm³/mol. The van der Waals surface area contributed by atoms with Crippen LogP contribution in [0.4, 0.5) is 11.4 Å². The van der Waals surface area contributed by atoms with Crippen LogP contribution in [-0.2, 0) is 20.9 Å². The van der Waals surface area contributed by atoms with Crippen LogP contribution in [0.25, 0.3) is 0 Å². The molecule has 3 atom stereocenters. The number of carbonyl (C=O) groups is 3. The number of carbonyl (C=O) groups excluding carboxylic acids is 3. The Kier molecular flexibility index (Phi) is 7.84. The third-order valence-corrected chi connectivity index (χ3v) is 10.8. The number of anilines is 2. The summed E-state index contributed by atoms with van der Waals surface area (Å²) in [5.74, 6) is -2.25. The lowest BCUT2D eigenvalue weighted by atomic mass is 9.83. The van der Waals surface area contributed by atoms with Gasteiger partial charge in [0.1, 0.15) is 17.5 Å². The van der Waals surface area contributed by atoms with Crippen LogP contribution in [0, 0.1) is 5.92 Å². The fourth-order valence-electron chi connectivity index (χ4n) is 5.21. The van der Waals surface area contributed by atoms with E-state index in [2.05, 4.69) is 5.32 Å². The predicted octanol–water partition coefficient (Wildman–Crippen LogP) is 6.31. The number of methoxy groups -OCH3 is 1. The Morgan fingerprint density at radius 1 is 0.952 bits per heavy atom. The average Bonchev–Trinajstić information content (AvgIpc) is 3.42. The van der Waals surface area contributed by atoms with Crippen molar-refractivity contribution in [3.8, 4) is 5.75 Å². The van der Waals surface area contributed by atoms with Gasteiger partial charge in [-0.05, 0) is 60.2 Å². The van der Waals surface area contributed by atoms with Gasteiger partial charge in [-0.25, -0.2) is 4.90 Å². The molecule has 1 saturated heterocycles. The summed E-state index contributed by atoms with van der Waals surface area (Å²) in [7, 11) is 1.54. The number of halogens is 3. The van der Waals surface area contributed by atoms with Crippen LogP contribution in [0.15, 0.2) is 76.6 Å². The minimum atomic E-state index is -0.870. The van der Waals surface area contributed by atoms with Gasteiger partial charge in [-0.1, -0.05) is 70.0 Å². The smallest absolute Gasteiger partial charge is 0.308 e. The number of benzene rings is 3. The zero-order valence-electron chi connectivity index (χ0n) is 21.7. The number of aromatic nitrogens is 1. The number of amides is 3. The van der Waals surface area contributed by atoms with Crippen molar-refractivity contribution in [2.45, 2.75) is 22.7 Å². The number of fused-ring (bicyclic) bond motifs is 2. The largest absolute Gasteiger partial charge is 0.497 e. The number of hydrogen-bond donors (Lipinski definition) is 1. The highest BCUT2D eigenvalue weighted by atomic mass is 35.5. The second-order valence-corrected chi connectivity index (χ2v) is 12.9. The molecule has 4 aromatic rings. The zero-order valence-corrected chi connectivity index (χ0v) is 25.6. The maximum Gasteiger partial charge on any atom is 0.308 e. The topological polar surface area (TPSA) is 97.7 Å². The van der Waals surface area contributed by atoms with Crippen LogP contribution < -0.4 is 19.8 Å². The molecular formula is C29H20Cl3N3O5S2. The maximum absolute atomic E-state index is 14.0. The van der Waals surface area contributed by atoms with Gasteiger partial charge in [0.25, 0.3) is 0 Å². The number of imide groups is 1. The Labute approximate surface area is 263 Å². The number of ether oxygens (including phenoxy) is 1. The van der Waals surface area contributed by atoms with E-state index in [-0.39, 0.29) is 16.6 Å². The minimum absolute atomic E-state index is 0.232. The molecular weight excluding hydrogens is 641 g/mol. The fourth-order valence-corrected chi connectivity index (χ4v) is 8.53. The third kappa shape index (κ3) is 5.01. The molecule has 1 N–H and O–H groups in total. The molecule has 3 heterocycles. The van der Waals surface area contributed by atoms with Gasteiger partial charge in [0.2, 0.25) is 17.7 Å². The van der Waals surface area contributed by atoms with Crippen molar-refractivity contribution in [1.29, 1.82) is 0 Å². The van der Waals surface area contributed by atoms with E-state index in [1.165, 1.54) is 4.57 Å². The highest BCUT2D eigenvalue weighted by Crippen LogP contribution is 2.55. The van der Waals surface area contributed by atoms with Gasteiger partial charge in [0, 0.05) is 21.5 Å². The summed E-state index contributed by atoms with van der Waals surface area (Å²) in [5, 5.41) is 3.33. The van der Waals surface area contributed by atoms with Gasteiger partial charge in [0.05, 0.1) is 33.8 Å². The van der Waals surface area contributed by atoms with E-state index in [1.807, 2.05) is 0 Å². The molecule has 13 heteroatoms. The molecule has 3 aromatic carbocycles. The molecule has 2 aliphatic rings. The third-order valence-electron chi connectivity index (χ3n) is 7.13. The van der Waals surface area contributed by atoms with E-state index in [4.69, 9.17) is 39.5 Å². The number of rotatable bonds is 6. The Morgan fingerprint density at radius 3 is 2.36 bits per heavy atom. The van der Waals surface area contributed by atoms with Gasteiger partial charge >= 0.3 is 4.87 Å².